The Hall–Kier alpha value is -1.07. The average Bonchev–Trinajstić information content (AvgIpc) is 2.96. The fourth-order valence-corrected chi connectivity index (χ4v) is 3.47. The molecular formula is C14H17BrN2O2. The molecule has 0 aromatic heterocycles. The molecule has 0 spiro atoms. The van der Waals surface area contributed by atoms with Crippen molar-refractivity contribution < 1.29 is 9.53 Å². The zero-order valence-corrected chi connectivity index (χ0v) is 12.3. The quantitative estimate of drug-likeness (QED) is 0.920. The predicted molar refractivity (Wildman–Crippen MR) is 75.9 cm³/mol. The third-order valence-electron chi connectivity index (χ3n) is 3.89. The topological polar surface area (TPSA) is 55.6 Å². The lowest BCUT2D eigenvalue weighted by molar-refractivity contribution is -0.121. The SMILES string of the molecule is NC(=O)[C@H]1CCN(Cc2cc(Br)cc3c2OCC3)C1. The number of carbonyl (C=O) groups excluding carboxylic acids is 1. The molecule has 1 saturated heterocycles. The lowest BCUT2D eigenvalue weighted by atomic mass is 10.1. The molecule has 5 heteroatoms. The van der Waals surface area contributed by atoms with Crippen LogP contribution < -0.4 is 10.5 Å². The first kappa shape index (κ1) is 12.9. The summed E-state index contributed by atoms with van der Waals surface area (Å²) in [4.78, 5) is 13.5. The van der Waals surface area contributed by atoms with Gasteiger partial charge in [-0.05, 0) is 30.7 Å². The lowest BCUT2D eigenvalue weighted by Gasteiger charge is -2.17. The highest BCUT2D eigenvalue weighted by molar-refractivity contribution is 9.10. The number of rotatable bonds is 3. The summed E-state index contributed by atoms with van der Waals surface area (Å²) in [5.74, 6) is 0.852. The molecule has 2 N–H and O–H groups in total. The van der Waals surface area contributed by atoms with Gasteiger partial charge in [-0.1, -0.05) is 15.9 Å². The van der Waals surface area contributed by atoms with Crippen molar-refractivity contribution in [1.82, 2.24) is 4.90 Å². The summed E-state index contributed by atoms with van der Waals surface area (Å²) in [6.45, 7) is 3.28. The highest BCUT2D eigenvalue weighted by atomic mass is 79.9. The number of nitrogens with zero attached hydrogens (tertiary/aromatic N) is 1. The number of amides is 1. The van der Waals surface area contributed by atoms with E-state index in [2.05, 4.69) is 33.0 Å². The van der Waals surface area contributed by atoms with Crippen LogP contribution in [0.15, 0.2) is 16.6 Å². The normalized spacial score (nSPS) is 22.3. The van der Waals surface area contributed by atoms with Gasteiger partial charge in [-0.25, -0.2) is 0 Å². The summed E-state index contributed by atoms with van der Waals surface area (Å²) in [6, 6.07) is 4.24. The van der Waals surface area contributed by atoms with Crippen molar-refractivity contribution in [2.75, 3.05) is 19.7 Å². The molecule has 1 atom stereocenters. The number of carbonyl (C=O) groups is 1. The maximum Gasteiger partial charge on any atom is 0.221 e. The second-order valence-electron chi connectivity index (χ2n) is 5.27. The van der Waals surface area contributed by atoms with E-state index in [-0.39, 0.29) is 11.8 Å². The predicted octanol–water partition coefficient (Wildman–Crippen LogP) is 1.69. The van der Waals surface area contributed by atoms with E-state index in [1.54, 1.807) is 0 Å². The van der Waals surface area contributed by atoms with Crippen LogP contribution in [-0.4, -0.2) is 30.5 Å². The fourth-order valence-electron chi connectivity index (χ4n) is 2.91. The molecule has 1 aromatic carbocycles. The standard InChI is InChI=1S/C14H17BrN2O2/c15-12-5-9-2-4-19-13(9)11(6-12)8-17-3-1-10(7-17)14(16)18/h5-6,10H,1-4,7-8H2,(H2,16,18)/t10-/m0/s1. The molecule has 19 heavy (non-hydrogen) atoms. The molecule has 1 amide bonds. The van der Waals surface area contributed by atoms with Crippen molar-refractivity contribution in [1.29, 1.82) is 0 Å². The first-order chi connectivity index (χ1) is 9.13. The molecule has 2 aliphatic heterocycles. The highest BCUT2D eigenvalue weighted by Crippen LogP contribution is 2.34. The summed E-state index contributed by atoms with van der Waals surface area (Å²) >= 11 is 3.55. The Labute approximate surface area is 121 Å². The van der Waals surface area contributed by atoms with Crippen LogP contribution in [0.25, 0.3) is 0 Å². The number of hydrogen-bond donors (Lipinski definition) is 1. The number of primary amides is 1. The minimum absolute atomic E-state index is 0.00104. The Balaban J connectivity index is 1.76. The number of likely N-dealkylation sites (tertiary alicyclic amines) is 1. The van der Waals surface area contributed by atoms with Crippen molar-refractivity contribution >= 4 is 21.8 Å². The van der Waals surface area contributed by atoms with E-state index in [9.17, 15) is 4.79 Å². The van der Waals surface area contributed by atoms with Gasteiger partial charge in [-0.3, -0.25) is 9.69 Å². The molecular weight excluding hydrogens is 308 g/mol. The zero-order chi connectivity index (χ0) is 13.4. The van der Waals surface area contributed by atoms with Crippen LogP contribution in [0.4, 0.5) is 0 Å². The lowest BCUT2D eigenvalue weighted by Crippen LogP contribution is -2.27. The van der Waals surface area contributed by atoms with Crippen molar-refractivity contribution in [3.8, 4) is 5.75 Å². The number of fused-ring (bicyclic) bond motifs is 1. The van der Waals surface area contributed by atoms with Crippen LogP contribution >= 0.6 is 15.9 Å². The van der Waals surface area contributed by atoms with E-state index in [0.717, 1.165) is 49.3 Å². The molecule has 1 fully saturated rings. The van der Waals surface area contributed by atoms with E-state index >= 15 is 0 Å². The summed E-state index contributed by atoms with van der Waals surface area (Å²) in [5.41, 5.74) is 7.84. The first-order valence-electron chi connectivity index (χ1n) is 6.59. The molecule has 3 rings (SSSR count). The fraction of sp³-hybridized carbons (Fsp3) is 0.500. The van der Waals surface area contributed by atoms with Gasteiger partial charge in [0.2, 0.25) is 5.91 Å². The van der Waals surface area contributed by atoms with Crippen LogP contribution in [0.1, 0.15) is 17.5 Å². The summed E-state index contributed by atoms with van der Waals surface area (Å²) in [5, 5.41) is 0. The van der Waals surface area contributed by atoms with Gasteiger partial charge in [0.05, 0.1) is 12.5 Å². The van der Waals surface area contributed by atoms with Crippen molar-refractivity contribution in [3.05, 3.63) is 27.7 Å². The van der Waals surface area contributed by atoms with Gasteiger partial charge in [0.15, 0.2) is 0 Å². The Morgan fingerprint density at radius 1 is 1.53 bits per heavy atom. The molecule has 0 saturated carbocycles. The van der Waals surface area contributed by atoms with Crippen LogP contribution in [0.2, 0.25) is 0 Å². The van der Waals surface area contributed by atoms with E-state index in [4.69, 9.17) is 10.5 Å². The number of benzene rings is 1. The third-order valence-corrected chi connectivity index (χ3v) is 4.35. The first-order valence-corrected chi connectivity index (χ1v) is 7.38. The molecule has 1 aromatic rings. The van der Waals surface area contributed by atoms with Crippen LogP contribution in [0, 0.1) is 5.92 Å². The Morgan fingerprint density at radius 2 is 2.37 bits per heavy atom. The average molecular weight is 325 g/mol. The van der Waals surface area contributed by atoms with Crippen molar-refractivity contribution in [2.24, 2.45) is 11.7 Å². The van der Waals surface area contributed by atoms with E-state index < -0.39 is 0 Å². The van der Waals surface area contributed by atoms with Crippen LogP contribution in [0.3, 0.4) is 0 Å². The molecule has 0 aliphatic carbocycles. The maximum atomic E-state index is 11.2. The number of hydrogen-bond acceptors (Lipinski definition) is 3. The molecule has 0 radical (unpaired) electrons. The van der Waals surface area contributed by atoms with Gasteiger partial charge in [-0.15, -0.1) is 0 Å². The third kappa shape index (κ3) is 2.62. The van der Waals surface area contributed by atoms with Crippen molar-refractivity contribution in [2.45, 2.75) is 19.4 Å². The molecule has 0 bridgehead atoms. The minimum atomic E-state index is -0.182. The highest BCUT2D eigenvalue weighted by Gasteiger charge is 2.28. The van der Waals surface area contributed by atoms with Crippen LogP contribution in [-0.2, 0) is 17.8 Å². The summed E-state index contributed by atoms with van der Waals surface area (Å²) in [7, 11) is 0. The van der Waals surface area contributed by atoms with E-state index in [1.807, 2.05) is 0 Å². The molecule has 2 heterocycles. The van der Waals surface area contributed by atoms with Crippen LogP contribution in [0.5, 0.6) is 5.75 Å². The zero-order valence-electron chi connectivity index (χ0n) is 10.7. The van der Waals surface area contributed by atoms with Gasteiger partial charge in [0.25, 0.3) is 0 Å². The molecule has 2 aliphatic rings. The molecule has 4 nitrogen and oxygen atoms in total. The Bertz CT molecular complexity index is 518. The van der Waals surface area contributed by atoms with Gasteiger partial charge < -0.3 is 10.5 Å². The second-order valence-corrected chi connectivity index (χ2v) is 6.19. The monoisotopic (exact) mass is 324 g/mol. The Kier molecular flexibility index (Phi) is 3.50. The summed E-state index contributed by atoms with van der Waals surface area (Å²) in [6.07, 6.45) is 1.85. The summed E-state index contributed by atoms with van der Waals surface area (Å²) < 4.78 is 6.82. The van der Waals surface area contributed by atoms with E-state index in [0.29, 0.717) is 0 Å². The number of nitrogens with two attached hydrogens (primary N) is 1. The van der Waals surface area contributed by atoms with Gasteiger partial charge in [0.1, 0.15) is 5.75 Å². The van der Waals surface area contributed by atoms with Gasteiger partial charge in [-0.2, -0.15) is 0 Å². The second kappa shape index (κ2) is 5.13. The van der Waals surface area contributed by atoms with E-state index in [1.165, 1.54) is 11.1 Å². The van der Waals surface area contributed by atoms with Gasteiger partial charge >= 0.3 is 0 Å². The molecule has 0 unspecified atom stereocenters. The number of ether oxygens (including phenoxy) is 1. The number of halogens is 1. The maximum absolute atomic E-state index is 11.2. The van der Waals surface area contributed by atoms with Crippen molar-refractivity contribution in [3.63, 3.8) is 0 Å². The smallest absolute Gasteiger partial charge is 0.221 e. The largest absolute Gasteiger partial charge is 0.493 e. The minimum Gasteiger partial charge on any atom is -0.493 e. The Morgan fingerprint density at radius 3 is 3.11 bits per heavy atom. The van der Waals surface area contributed by atoms with Gasteiger partial charge in [0, 0.05) is 29.5 Å². The molecule has 102 valence electrons.